The van der Waals surface area contributed by atoms with Crippen molar-refractivity contribution in [2.75, 3.05) is 7.11 Å². The van der Waals surface area contributed by atoms with Crippen LogP contribution in [0.1, 0.15) is 55.6 Å². The van der Waals surface area contributed by atoms with E-state index in [1.165, 1.54) is 10.9 Å². The van der Waals surface area contributed by atoms with Gasteiger partial charge in [0, 0.05) is 29.9 Å². The van der Waals surface area contributed by atoms with Crippen molar-refractivity contribution in [1.29, 1.82) is 0 Å². The van der Waals surface area contributed by atoms with Gasteiger partial charge in [-0.25, -0.2) is 29.6 Å². The maximum absolute atomic E-state index is 13.3. The second kappa shape index (κ2) is 9.95. The molecular weight excluding hydrogens is 589 g/mol. The Kier molecular flexibility index (Phi) is 6.56. The molecule has 1 aliphatic carbocycles. The molecule has 0 aliphatic heterocycles. The third-order valence-corrected chi connectivity index (χ3v) is 7.38. The molecule has 0 saturated heterocycles. The molecule has 4 heterocycles. The van der Waals surface area contributed by atoms with Gasteiger partial charge in [-0.2, -0.15) is 18.3 Å². The van der Waals surface area contributed by atoms with Gasteiger partial charge in [0.2, 0.25) is 5.88 Å². The first-order valence-electron chi connectivity index (χ1n) is 12.7. The monoisotopic (exact) mass is 612 g/mol. The summed E-state index contributed by atoms with van der Waals surface area (Å²) in [5.74, 6) is 1.48. The summed E-state index contributed by atoms with van der Waals surface area (Å²) < 4.78 is 49.4. The largest absolute Gasteiger partial charge is 0.480 e. The molecule has 13 heteroatoms. The Morgan fingerprint density at radius 3 is 2.48 bits per heavy atom. The number of aromatic nitrogens is 8. The fraction of sp³-hybridized carbons (Fsp3) is 0.333. The minimum atomic E-state index is -4.51. The van der Waals surface area contributed by atoms with E-state index in [4.69, 9.17) is 9.72 Å². The maximum atomic E-state index is 13.3. The number of hydrogen-bond donors (Lipinski definition) is 0. The predicted octanol–water partition coefficient (Wildman–Crippen LogP) is 6.44. The Morgan fingerprint density at radius 2 is 1.82 bits per heavy atom. The lowest BCUT2D eigenvalue weighted by molar-refractivity contribution is -0.140. The summed E-state index contributed by atoms with van der Waals surface area (Å²) in [6.45, 7) is 4.02. The van der Waals surface area contributed by atoms with Crippen LogP contribution in [0.5, 0.6) is 5.88 Å². The number of methoxy groups -OCH3 is 1. The van der Waals surface area contributed by atoms with Gasteiger partial charge in [0.1, 0.15) is 22.3 Å². The van der Waals surface area contributed by atoms with E-state index in [0.29, 0.717) is 45.5 Å². The smallest absolute Gasteiger partial charge is 0.434 e. The van der Waals surface area contributed by atoms with Gasteiger partial charge in [-0.05, 0) is 48.2 Å². The summed E-state index contributed by atoms with van der Waals surface area (Å²) in [6, 6.07) is 7.06. The van der Waals surface area contributed by atoms with Gasteiger partial charge in [-0.1, -0.05) is 24.3 Å². The fourth-order valence-corrected chi connectivity index (χ4v) is 5.11. The van der Waals surface area contributed by atoms with Crippen LogP contribution < -0.4 is 4.74 Å². The Morgan fingerprint density at radius 1 is 1.07 bits per heavy atom. The zero-order chi connectivity index (χ0) is 28.2. The molecule has 5 aromatic rings. The molecule has 0 N–H and O–H groups in total. The molecule has 0 amide bonds. The van der Waals surface area contributed by atoms with Crippen LogP contribution in [0.4, 0.5) is 13.2 Å². The molecule has 1 saturated carbocycles. The van der Waals surface area contributed by atoms with E-state index in [2.05, 4.69) is 41.0 Å². The molecule has 0 radical (unpaired) electrons. The molecule has 9 nitrogen and oxygen atoms in total. The third kappa shape index (κ3) is 4.82. The van der Waals surface area contributed by atoms with Crippen LogP contribution in [0.3, 0.4) is 0 Å². The number of benzene rings is 1. The first-order chi connectivity index (χ1) is 19.1. The highest BCUT2D eigenvalue weighted by Gasteiger charge is 2.35. The Bertz CT molecular complexity index is 1710. The molecule has 0 atom stereocenters. The second-order valence-corrected chi connectivity index (χ2v) is 10.7. The van der Waals surface area contributed by atoms with E-state index in [0.717, 1.165) is 35.7 Å². The second-order valence-electron chi connectivity index (χ2n) is 9.94. The van der Waals surface area contributed by atoms with Crippen molar-refractivity contribution < 1.29 is 17.9 Å². The van der Waals surface area contributed by atoms with Gasteiger partial charge in [-0.3, -0.25) is 0 Å². The van der Waals surface area contributed by atoms with Crippen LogP contribution >= 0.6 is 15.9 Å². The minimum Gasteiger partial charge on any atom is -0.480 e. The van der Waals surface area contributed by atoms with Crippen LogP contribution in [0.2, 0.25) is 0 Å². The van der Waals surface area contributed by atoms with Crippen molar-refractivity contribution in [2.24, 2.45) is 0 Å². The number of halogens is 4. The summed E-state index contributed by atoms with van der Waals surface area (Å²) >= 11 is 3.51. The Balaban J connectivity index is 1.34. The van der Waals surface area contributed by atoms with Crippen LogP contribution in [0.15, 0.2) is 47.6 Å². The number of hydrogen-bond acceptors (Lipinski definition) is 7. The van der Waals surface area contributed by atoms with Gasteiger partial charge in [0.15, 0.2) is 17.2 Å². The molecule has 40 heavy (non-hydrogen) atoms. The van der Waals surface area contributed by atoms with Gasteiger partial charge >= 0.3 is 6.18 Å². The van der Waals surface area contributed by atoms with Crippen molar-refractivity contribution in [3.8, 4) is 28.7 Å². The average molecular weight is 613 g/mol. The van der Waals surface area contributed by atoms with Gasteiger partial charge < -0.3 is 9.30 Å². The topological polar surface area (TPSA) is 96.4 Å². The molecule has 1 aliphatic rings. The first-order valence-corrected chi connectivity index (χ1v) is 13.5. The minimum absolute atomic E-state index is 0.186. The SMILES string of the molecule is COc1ncnc(C2CC2)c1-c1ncc2c(Br)nn(Cc3ccc(-c4nc(C(F)(F)F)cn4C(C)C)cc3)c2n1. The number of nitrogens with zero attached hydrogens (tertiary/aromatic N) is 8. The van der Waals surface area contributed by atoms with E-state index in [1.54, 1.807) is 30.1 Å². The van der Waals surface area contributed by atoms with Gasteiger partial charge in [0.05, 0.1) is 24.7 Å². The van der Waals surface area contributed by atoms with E-state index in [9.17, 15) is 13.2 Å². The summed E-state index contributed by atoms with van der Waals surface area (Å²) in [6.07, 6.45) is 1.84. The number of imidazole rings is 1. The number of ether oxygens (including phenoxy) is 1. The number of fused-ring (bicyclic) bond motifs is 1. The van der Waals surface area contributed by atoms with Crippen molar-refractivity contribution in [3.63, 3.8) is 0 Å². The zero-order valence-corrected chi connectivity index (χ0v) is 23.4. The van der Waals surface area contributed by atoms with Gasteiger partial charge in [-0.15, -0.1) is 0 Å². The van der Waals surface area contributed by atoms with E-state index < -0.39 is 11.9 Å². The van der Waals surface area contributed by atoms with Crippen molar-refractivity contribution >= 4 is 27.0 Å². The van der Waals surface area contributed by atoms with Crippen LogP contribution in [0.25, 0.3) is 33.8 Å². The van der Waals surface area contributed by atoms with Crippen molar-refractivity contribution in [2.45, 2.75) is 51.4 Å². The van der Waals surface area contributed by atoms with E-state index in [-0.39, 0.29) is 11.9 Å². The highest BCUT2D eigenvalue weighted by molar-refractivity contribution is 9.10. The molecular formula is C27H24BrF3N8O. The lowest BCUT2D eigenvalue weighted by atomic mass is 10.1. The van der Waals surface area contributed by atoms with Crippen LogP contribution in [-0.4, -0.2) is 46.4 Å². The number of rotatable bonds is 7. The standard InChI is InChI=1S/C27H24BrF3N8O/c1-14(2)38-12-19(27(29,30)31)35-24(38)17-6-4-15(5-7-17)11-39-25-18(22(28)37-39)10-32-23(36-25)20-21(16-8-9-16)33-13-34-26(20)40-3/h4-7,10,12-14,16H,8-9,11H2,1-3H3. The zero-order valence-electron chi connectivity index (χ0n) is 21.8. The van der Waals surface area contributed by atoms with Crippen LogP contribution in [-0.2, 0) is 12.7 Å². The van der Waals surface area contributed by atoms with Gasteiger partial charge in [0.25, 0.3) is 0 Å². The average Bonchev–Trinajstić information content (AvgIpc) is 3.60. The maximum Gasteiger partial charge on any atom is 0.434 e. The Hall–Kier alpha value is -3.87. The molecule has 1 aromatic carbocycles. The molecule has 206 valence electrons. The lowest BCUT2D eigenvalue weighted by Gasteiger charge is -2.12. The quantitative estimate of drug-likeness (QED) is 0.208. The highest BCUT2D eigenvalue weighted by Crippen LogP contribution is 2.45. The Labute approximate surface area is 235 Å². The lowest BCUT2D eigenvalue weighted by Crippen LogP contribution is -2.06. The van der Waals surface area contributed by atoms with Crippen LogP contribution in [0, 0.1) is 0 Å². The van der Waals surface area contributed by atoms with Crippen molar-refractivity contribution in [3.05, 3.63) is 64.5 Å². The summed E-state index contributed by atoms with van der Waals surface area (Å²) in [4.78, 5) is 22.1. The van der Waals surface area contributed by atoms with E-state index >= 15 is 0 Å². The highest BCUT2D eigenvalue weighted by atomic mass is 79.9. The molecule has 4 aromatic heterocycles. The fourth-order valence-electron chi connectivity index (χ4n) is 4.64. The first kappa shape index (κ1) is 26.4. The molecule has 0 spiro atoms. The molecule has 0 unspecified atom stereocenters. The van der Waals surface area contributed by atoms with E-state index in [1.807, 2.05) is 26.0 Å². The third-order valence-electron chi connectivity index (χ3n) is 6.79. The summed E-state index contributed by atoms with van der Waals surface area (Å²) in [7, 11) is 1.56. The normalized spacial score (nSPS) is 13.9. The summed E-state index contributed by atoms with van der Waals surface area (Å²) in [5.41, 5.74) is 2.74. The van der Waals surface area contributed by atoms with Crippen molar-refractivity contribution in [1.82, 2.24) is 39.3 Å². The summed E-state index contributed by atoms with van der Waals surface area (Å²) in [5, 5.41) is 5.35. The molecule has 1 fully saturated rings. The molecule has 0 bridgehead atoms. The molecule has 6 rings (SSSR count). The predicted molar refractivity (Wildman–Crippen MR) is 145 cm³/mol. The number of alkyl halides is 3.